The van der Waals surface area contributed by atoms with E-state index in [0.29, 0.717) is 0 Å². The van der Waals surface area contributed by atoms with Gasteiger partial charge in [-0.2, -0.15) is 0 Å². The Hall–Kier alpha value is -5.92. The molecule has 0 aromatic heterocycles. The van der Waals surface area contributed by atoms with Gasteiger partial charge < -0.3 is 4.90 Å². The van der Waals surface area contributed by atoms with Crippen LogP contribution >= 0.6 is 0 Å². The molecule has 9 aromatic rings. The van der Waals surface area contributed by atoms with Crippen molar-refractivity contribution in [3.8, 4) is 22.3 Å². The van der Waals surface area contributed by atoms with E-state index in [0.717, 1.165) is 11.4 Å². The number of rotatable bonds is 3. The molecule has 0 aliphatic heterocycles. The Bertz CT molecular complexity index is 2700. The molecule has 0 fully saturated rings. The van der Waals surface area contributed by atoms with Crippen molar-refractivity contribution < 1.29 is 0 Å². The Labute approximate surface area is 267 Å². The molecule has 0 spiro atoms. The highest BCUT2D eigenvalue weighted by Crippen LogP contribution is 2.51. The van der Waals surface area contributed by atoms with Gasteiger partial charge in [0.1, 0.15) is 0 Å². The molecule has 10 rings (SSSR count). The molecule has 0 radical (unpaired) electrons. The topological polar surface area (TPSA) is 3.24 Å². The third-order valence-electron chi connectivity index (χ3n) is 10.0. The highest BCUT2D eigenvalue weighted by molar-refractivity contribution is 6.27. The zero-order valence-electron chi connectivity index (χ0n) is 25.5. The fourth-order valence-corrected chi connectivity index (χ4v) is 7.77. The van der Waals surface area contributed by atoms with Crippen molar-refractivity contribution in [2.24, 2.45) is 0 Å². The first-order chi connectivity index (χ1) is 22.7. The average molecular weight is 584 g/mol. The molecule has 1 nitrogen and oxygen atoms in total. The fourth-order valence-electron chi connectivity index (χ4n) is 7.77. The van der Waals surface area contributed by atoms with Crippen LogP contribution in [-0.2, 0) is 0 Å². The van der Waals surface area contributed by atoms with Crippen molar-refractivity contribution >= 4 is 70.9 Å². The Morgan fingerprint density at radius 1 is 0.326 bits per heavy atom. The molecule has 0 bridgehead atoms. The van der Waals surface area contributed by atoms with Crippen LogP contribution in [0, 0.1) is 6.92 Å². The normalized spacial score (nSPS) is 12.0. The number of hydrogen-bond donors (Lipinski definition) is 0. The molecule has 1 aliphatic rings. The minimum Gasteiger partial charge on any atom is -0.310 e. The zero-order chi connectivity index (χ0) is 30.4. The lowest BCUT2D eigenvalue weighted by molar-refractivity contribution is 1.25. The highest BCUT2D eigenvalue weighted by atomic mass is 15.1. The van der Waals surface area contributed by atoms with Gasteiger partial charge in [-0.25, -0.2) is 0 Å². The van der Waals surface area contributed by atoms with Crippen molar-refractivity contribution in [3.63, 3.8) is 0 Å². The molecule has 0 N–H and O–H groups in total. The third kappa shape index (κ3) is 3.63. The standard InChI is InChI=1S/C45H29N/c1-28-11-5-10-18-45(28)46(33-12-3-2-4-13-33)34-20-19-29-22-41-42(23-30(29)21-34)44-27-32-25-40-38-17-9-7-15-36(38)35-14-6-8-16-37(35)39(40)24-31(32)26-43(41)44/h2-27H,1H3. The lowest BCUT2D eigenvalue weighted by atomic mass is 9.77. The smallest absolute Gasteiger partial charge is 0.0490 e. The van der Waals surface area contributed by atoms with E-state index in [2.05, 4.69) is 170 Å². The van der Waals surface area contributed by atoms with Crippen LogP contribution in [0.4, 0.5) is 17.1 Å². The molecule has 0 amide bonds. The van der Waals surface area contributed by atoms with E-state index in [1.807, 2.05) is 0 Å². The summed E-state index contributed by atoms with van der Waals surface area (Å²) in [6, 6.07) is 58.3. The van der Waals surface area contributed by atoms with E-state index in [4.69, 9.17) is 0 Å². The molecule has 1 heteroatoms. The third-order valence-corrected chi connectivity index (χ3v) is 10.0. The van der Waals surface area contributed by atoms with Crippen molar-refractivity contribution in [1.82, 2.24) is 0 Å². The van der Waals surface area contributed by atoms with Crippen molar-refractivity contribution in [2.75, 3.05) is 4.90 Å². The summed E-state index contributed by atoms with van der Waals surface area (Å²) < 4.78 is 0. The van der Waals surface area contributed by atoms with E-state index in [-0.39, 0.29) is 0 Å². The van der Waals surface area contributed by atoms with Crippen LogP contribution < -0.4 is 4.90 Å². The maximum atomic E-state index is 2.41. The number of benzene rings is 9. The molecule has 9 aromatic carbocycles. The molecule has 0 heterocycles. The van der Waals surface area contributed by atoms with Crippen LogP contribution in [-0.4, -0.2) is 0 Å². The number of para-hydroxylation sites is 2. The summed E-state index contributed by atoms with van der Waals surface area (Å²) >= 11 is 0. The van der Waals surface area contributed by atoms with Crippen molar-refractivity contribution in [3.05, 3.63) is 163 Å². The Kier molecular flexibility index (Phi) is 5.27. The maximum Gasteiger partial charge on any atom is 0.0490 e. The summed E-state index contributed by atoms with van der Waals surface area (Å²) in [7, 11) is 0. The number of fused-ring (bicyclic) bond motifs is 12. The lowest BCUT2D eigenvalue weighted by Crippen LogP contribution is -2.11. The number of hydrogen-bond acceptors (Lipinski definition) is 1. The second-order valence-electron chi connectivity index (χ2n) is 12.6. The Balaban J connectivity index is 1.14. The van der Waals surface area contributed by atoms with E-state index >= 15 is 0 Å². The summed E-state index contributed by atoms with van der Waals surface area (Å²) in [6.07, 6.45) is 0. The Morgan fingerprint density at radius 3 is 1.35 bits per heavy atom. The van der Waals surface area contributed by atoms with Crippen molar-refractivity contribution in [2.45, 2.75) is 6.92 Å². The van der Waals surface area contributed by atoms with Gasteiger partial charge in [0.2, 0.25) is 0 Å². The molecule has 0 saturated carbocycles. The monoisotopic (exact) mass is 583 g/mol. The van der Waals surface area contributed by atoms with Gasteiger partial charge in [-0.3, -0.25) is 0 Å². The summed E-state index contributed by atoms with van der Waals surface area (Å²) in [5.74, 6) is 0. The average Bonchev–Trinajstić information content (AvgIpc) is 3.11. The first-order valence-electron chi connectivity index (χ1n) is 16.0. The minimum absolute atomic E-state index is 1.16. The van der Waals surface area contributed by atoms with Crippen LogP contribution in [0.1, 0.15) is 5.56 Å². The van der Waals surface area contributed by atoms with Gasteiger partial charge in [-0.05, 0) is 155 Å². The van der Waals surface area contributed by atoms with E-state index < -0.39 is 0 Å². The quantitative estimate of drug-likeness (QED) is 0.148. The second-order valence-corrected chi connectivity index (χ2v) is 12.6. The molecule has 0 saturated heterocycles. The van der Waals surface area contributed by atoms with E-state index in [1.54, 1.807) is 0 Å². The molecule has 214 valence electrons. The van der Waals surface area contributed by atoms with E-state index in [9.17, 15) is 0 Å². The second kappa shape index (κ2) is 9.54. The Morgan fingerprint density at radius 2 is 0.783 bits per heavy atom. The minimum atomic E-state index is 1.16. The summed E-state index contributed by atoms with van der Waals surface area (Å²) in [5.41, 5.74) is 10.1. The van der Waals surface area contributed by atoms with Crippen LogP contribution in [0.2, 0.25) is 0 Å². The van der Waals surface area contributed by atoms with Gasteiger partial charge in [0.15, 0.2) is 0 Å². The van der Waals surface area contributed by atoms with Gasteiger partial charge in [0.05, 0.1) is 0 Å². The van der Waals surface area contributed by atoms with Gasteiger partial charge in [0, 0.05) is 17.1 Å². The summed E-state index contributed by atoms with van der Waals surface area (Å²) in [5, 5.41) is 13.0. The molecule has 0 atom stereocenters. The van der Waals surface area contributed by atoms with Crippen LogP contribution in [0.25, 0.3) is 76.1 Å². The van der Waals surface area contributed by atoms with Gasteiger partial charge >= 0.3 is 0 Å². The van der Waals surface area contributed by atoms with Crippen LogP contribution in [0.15, 0.2) is 158 Å². The summed E-state index contributed by atoms with van der Waals surface area (Å²) in [6.45, 7) is 2.19. The van der Waals surface area contributed by atoms with Crippen LogP contribution in [0.3, 0.4) is 0 Å². The number of aryl methyl sites for hydroxylation is 1. The van der Waals surface area contributed by atoms with Gasteiger partial charge in [-0.15, -0.1) is 0 Å². The maximum absolute atomic E-state index is 2.41. The first-order valence-corrected chi connectivity index (χ1v) is 16.0. The first kappa shape index (κ1) is 25.4. The van der Waals surface area contributed by atoms with Crippen molar-refractivity contribution in [1.29, 1.82) is 0 Å². The molecule has 1 aliphatic carbocycles. The molecule has 0 unspecified atom stereocenters. The lowest BCUT2D eigenvalue weighted by Gasteiger charge is -2.28. The molecular weight excluding hydrogens is 555 g/mol. The molecular formula is C45H29N. The van der Waals surface area contributed by atoms with Gasteiger partial charge in [-0.1, -0.05) is 91.0 Å². The largest absolute Gasteiger partial charge is 0.310 e. The number of anilines is 3. The predicted octanol–water partition coefficient (Wildman–Crippen LogP) is 12.9. The number of nitrogens with zero attached hydrogens (tertiary/aromatic N) is 1. The highest BCUT2D eigenvalue weighted by Gasteiger charge is 2.25. The van der Waals surface area contributed by atoms with Gasteiger partial charge in [0.25, 0.3) is 0 Å². The zero-order valence-corrected chi connectivity index (χ0v) is 25.5. The SMILES string of the molecule is Cc1ccccc1N(c1ccccc1)c1ccc2cc3c(cc2c1)-c1cc2cc4c5ccccc5c5ccccc5c4cc2cc1-3. The summed E-state index contributed by atoms with van der Waals surface area (Å²) in [4.78, 5) is 2.37. The van der Waals surface area contributed by atoms with Crippen LogP contribution in [0.5, 0.6) is 0 Å². The van der Waals surface area contributed by atoms with E-state index in [1.165, 1.54) is 87.4 Å². The fraction of sp³-hybridized carbons (Fsp3) is 0.0222. The molecule has 46 heavy (non-hydrogen) atoms. The predicted molar refractivity (Wildman–Crippen MR) is 198 cm³/mol.